The van der Waals surface area contributed by atoms with Crippen LogP contribution in [0.3, 0.4) is 0 Å². The Morgan fingerprint density at radius 1 is 1.27 bits per heavy atom. The summed E-state index contributed by atoms with van der Waals surface area (Å²) in [7, 11) is 0. The van der Waals surface area contributed by atoms with Gasteiger partial charge >= 0.3 is 0 Å². The molecule has 0 bridgehead atoms. The molecule has 6 heteroatoms. The number of hydrogen-bond donors (Lipinski definition) is 0. The predicted molar refractivity (Wildman–Crippen MR) is 47.5 cm³/mol. The van der Waals surface area contributed by atoms with Gasteiger partial charge in [-0.1, -0.05) is 0 Å². The number of nitrogens with zero attached hydrogens (tertiary/aromatic N) is 3. The lowest BCUT2D eigenvalue weighted by atomic mass is 10.1. The number of carbonyl (C=O) groups excluding carboxylic acids is 1. The molecule has 0 unspecified atom stereocenters. The summed E-state index contributed by atoms with van der Waals surface area (Å²) in [5.41, 5.74) is 0.838. The maximum Gasteiger partial charge on any atom is 0.242 e. The van der Waals surface area contributed by atoms with E-state index < -0.39 is 0 Å². The van der Waals surface area contributed by atoms with Crippen molar-refractivity contribution in [3.63, 3.8) is 0 Å². The van der Waals surface area contributed by atoms with Gasteiger partial charge in [0.15, 0.2) is 5.69 Å². The predicted octanol–water partition coefficient (Wildman–Crippen LogP) is 1.84. The van der Waals surface area contributed by atoms with Gasteiger partial charge in [0.2, 0.25) is 11.9 Å². The molecule has 1 heterocycles. The minimum Gasteiger partial charge on any atom is -0.242 e. The van der Waals surface area contributed by atoms with Crippen LogP contribution in [0.4, 0.5) is 10.2 Å². The molecule has 0 saturated carbocycles. The van der Waals surface area contributed by atoms with Crippen molar-refractivity contribution in [2.45, 2.75) is 0 Å². The van der Waals surface area contributed by atoms with E-state index in [1.165, 1.54) is 30.3 Å². The number of halogens is 1. The fourth-order valence-electron chi connectivity index (χ4n) is 1.09. The van der Waals surface area contributed by atoms with Gasteiger partial charge in [-0.05, 0) is 34.6 Å². The molecule has 0 saturated heterocycles. The number of aromatic nitrogens is 2. The molecule has 0 fully saturated rings. The maximum absolute atomic E-state index is 12.6. The smallest absolute Gasteiger partial charge is 0.242 e. The third-order valence-corrected chi connectivity index (χ3v) is 1.74. The molecule has 0 amide bonds. The van der Waals surface area contributed by atoms with Crippen LogP contribution in [-0.4, -0.2) is 16.4 Å². The topological polar surface area (TPSA) is 68.3 Å². The van der Waals surface area contributed by atoms with Crippen molar-refractivity contribution >= 4 is 11.9 Å². The number of aliphatic imine (C=N–C) groups is 1. The van der Waals surface area contributed by atoms with Crippen molar-refractivity contribution in [3.05, 3.63) is 30.1 Å². The quantitative estimate of drug-likeness (QED) is 0.554. The third kappa shape index (κ3) is 1.79. The van der Waals surface area contributed by atoms with Crippen molar-refractivity contribution in [2.75, 3.05) is 0 Å². The number of isocyanates is 1. The first-order chi connectivity index (χ1) is 7.31. The summed E-state index contributed by atoms with van der Waals surface area (Å²) in [5.74, 6) is -0.341. The Morgan fingerprint density at radius 2 is 2.00 bits per heavy atom. The Morgan fingerprint density at radius 3 is 2.67 bits per heavy atom. The fraction of sp³-hybridized carbons (Fsp3) is 0. The van der Waals surface area contributed by atoms with E-state index in [0.717, 1.165) is 0 Å². The fourth-order valence-corrected chi connectivity index (χ4v) is 1.09. The Hall–Kier alpha value is -2.33. The molecule has 0 aliphatic carbocycles. The molecule has 15 heavy (non-hydrogen) atoms. The molecule has 0 spiro atoms. The molecule has 0 aliphatic heterocycles. The van der Waals surface area contributed by atoms with E-state index in [1.54, 1.807) is 0 Å². The Kier molecular flexibility index (Phi) is 2.35. The minimum absolute atomic E-state index is 0.0246. The molecular weight excluding hydrogens is 201 g/mol. The van der Waals surface area contributed by atoms with E-state index >= 15 is 0 Å². The van der Waals surface area contributed by atoms with Gasteiger partial charge in [-0.3, -0.25) is 0 Å². The Bertz CT molecular complexity index is 514. The first-order valence-electron chi connectivity index (χ1n) is 3.97. The van der Waals surface area contributed by atoms with Crippen molar-refractivity contribution in [3.8, 4) is 11.3 Å². The molecule has 5 nitrogen and oxygen atoms in total. The maximum atomic E-state index is 12.6. The molecule has 74 valence electrons. The number of hydrogen-bond acceptors (Lipinski definition) is 5. The molecular formula is C9H4FN3O2. The molecule has 0 atom stereocenters. The lowest BCUT2D eigenvalue weighted by Gasteiger charge is -1.94. The van der Waals surface area contributed by atoms with Gasteiger partial charge in [-0.15, -0.1) is 4.99 Å². The van der Waals surface area contributed by atoms with E-state index in [4.69, 9.17) is 0 Å². The van der Waals surface area contributed by atoms with Gasteiger partial charge in [0.25, 0.3) is 0 Å². The van der Waals surface area contributed by atoms with Crippen LogP contribution in [-0.2, 0) is 4.79 Å². The second-order valence-corrected chi connectivity index (χ2v) is 2.65. The third-order valence-electron chi connectivity index (χ3n) is 1.74. The van der Waals surface area contributed by atoms with Gasteiger partial charge in [0.1, 0.15) is 5.82 Å². The van der Waals surface area contributed by atoms with Gasteiger partial charge < -0.3 is 0 Å². The van der Waals surface area contributed by atoms with Crippen LogP contribution < -0.4 is 0 Å². The average molecular weight is 205 g/mol. The summed E-state index contributed by atoms with van der Waals surface area (Å²) in [4.78, 5) is 13.3. The first-order valence-corrected chi connectivity index (χ1v) is 3.97. The van der Waals surface area contributed by atoms with Gasteiger partial charge in [0, 0.05) is 5.56 Å². The second kappa shape index (κ2) is 3.81. The van der Waals surface area contributed by atoms with E-state index in [-0.39, 0.29) is 17.3 Å². The average Bonchev–Trinajstić information content (AvgIpc) is 2.68. The largest absolute Gasteiger partial charge is 0.242 e. The summed E-state index contributed by atoms with van der Waals surface area (Å²) >= 11 is 0. The molecule has 1 aromatic carbocycles. The van der Waals surface area contributed by atoms with Crippen molar-refractivity contribution in [1.29, 1.82) is 0 Å². The summed E-state index contributed by atoms with van der Waals surface area (Å²) in [5, 5.41) is 6.95. The van der Waals surface area contributed by atoms with Crippen molar-refractivity contribution in [1.82, 2.24) is 10.3 Å². The Balaban J connectivity index is 2.49. The molecule has 0 aliphatic rings. The van der Waals surface area contributed by atoms with Crippen LogP contribution in [0.5, 0.6) is 0 Å². The minimum atomic E-state index is -0.365. The van der Waals surface area contributed by atoms with E-state index in [9.17, 15) is 9.18 Å². The normalized spacial score (nSPS) is 9.67. The van der Waals surface area contributed by atoms with E-state index in [0.29, 0.717) is 5.56 Å². The highest BCUT2D eigenvalue weighted by Gasteiger charge is 2.11. The molecule has 0 radical (unpaired) electrons. The van der Waals surface area contributed by atoms with Crippen LogP contribution in [0, 0.1) is 5.82 Å². The molecule has 0 N–H and O–H groups in total. The summed E-state index contributed by atoms with van der Waals surface area (Å²) in [6.45, 7) is 0. The van der Waals surface area contributed by atoms with Crippen LogP contribution in [0.15, 0.2) is 33.9 Å². The number of benzene rings is 1. The molecule has 2 aromatic rings. The lowest BCUT2D eigenvalue weighted by molar-refractivity contribution is 0.309. The first kappa shape index (κ1) is 9.23. The van der Waals surface area contributed by atoms with Crippen LogP contribution >= 0.6 is 0 Å². The zero-order valence-corrected chi connectivity index (χ0v) is 7.35. The van der Waals surface area contributed by atoms with Crippen LogP contribution in [0.2, 0.25) is 0 Å². The van der Waals surface area contributed by atoms with Crippen molar-refractivity contribution < 1.29 is 13.8 Å². The lowest BCUT2D eigenvalue weighted by Crippen LogP contribution is -1.79. The summed E-state index contributed by atoms with van der Waals surface area (Å²) in [6.07, 6.45) is 1.33. The standard InChI is InChI=1S/C9H4FN3O2/c10-7-3-1-6(2-4-7)8-9(11-5-14)13-15-12-8/h1-4H. The van der Waals surface area contributed by atoms with Gasteiger partial charge in [-0.2, -0.15) is 0 Å². The highest BCUT2D eigenvalue weighted by molar-refractivity contribution is 5.69. The molecule has 2 rings (SSSR count). The molecule has 1 aromatic heterocycles. The van der Waals surface area contributed by atoms with Gasteiger partial charge in [0.05, 0.1) is 0 Å². The van der Waals surface area contributed by atoms with Crippen LogP contribution in [0.1, 0.15) is 0 Å². The zero-order chi connectivity index (χ0) is 10.7. The summed E-state index contributed by atoms with van der Waals surface area (Å²) in [6, 6.07) is 5.49. The highest BCUT2D eigenvalue weighted by Crippen LogP contribution is 2.25. The monoisotopic (exact) mass is 205 g/mol. The van der Waals surface area contributed by atoms with Crippen molar-refractivity contribution in [2.24, 2.45) is 4.99 Å². The van der Waals surface area contributed by atoms with E-state index in [1.807, 2.05) is 0 Å². The van der Waals surface area contributed by atoms with Gasteiger partial charge in [-0.25, -0.2) is 13.8 Å². The van der Waals surface area contributed by atoms with E-state index in [2.05, 4.69) is 19.9 Å². The number of rotatable bonds is 2. The zero-order valence-electron chi connectivity index (χ0n) is 7.35. The summed E-state index contributed by atoms with van der Waals surface area (Å²) < 4.78 is 17.0. The second-order valence-electron chi connectivity index (χ2n) is 2.65. The van der Waals surface area contributed by atoms with Crippen LogP contribution in [0.25, 0.3) is 11.3 Å². The Labute approximate surface area is 83.2 Å². The SMILES string of the molecule is O=C=Nc1nonc1-c1ccc(F)cc1. The highest BCUT2D eigenvalue weighted by atomic mass is 19.1.